The molecule has 0 radical (unpaired) electrons. The largest absolute Gasteiger partial charge is 0.344 e. The normalized spacial score (nSPS) is 16.2. The maximum Gasteiger partial charge on any atom is 0.254 e. The molecular formula is C22H27FN6O. The van der Waals surface area contributed by atoms with Crippen LogP contribution < -0.4 is 5.32 Å². The van der Waals surface area contributed by atoms with Crippen molar-refractivity contribution in [2.45, 2.75) is 26.9 Å². The Kier molecular flexibility index (Phi) is 6.89. The quantitative estimate of drug-likeness (QED) is 0.760. The van der Waals surface area contributed by atoms with Crippen molar-refractivity contribution in [3.8, 4) is 11.4 Å². The van der Waals surface area contributed by atoms with Crippen LogP contribution in [0.5, 0.6) is 0 Å². The van der Waals surface area contributed by atoms with Gasteiger partial charge in [-0.05, 0) is 51.1 Å². The number of rotatable bonds is 7. The van der Waals surface area contributed by atoms with Crippen LogP contribution >= 0.6 is 0 Å². The lowest BCUT2D eigenvalue weighted by Gasteiger charge is -2.32. The molecule has 3 rings (SSSR count). The fourth-order valence-electron chi connectivity index (χ4n) is 3.36. The number of amides is 1. The summed E-state index contributed by atoms with van der Waals surface area (Å²) in [5.41, 5.74) is 1.74. The highest BCUT2D eigenvalue weighted by atomic mass is 19.1. The zero-order valence-electron chi connectivity index (χ0n) is 17.8. The van der Waals surface area contributed by atoms with Crippen molar-refractivity contribution >= 4 is 11.7 Å². The summed E-state index contributed by atoms with van der Waals surface area (Å²) < 4.78 is 13.9. The fraction of sp³-hybridized carbons (Fsp3) is 0.364. The van der Waals surface area contributed by atoms with Gasteiger partial charge in [-0.15, -0.1) is 0 Å². The lowest BCUT2D eigenvalue weighted by molar-refractivity contribution is 0.0764. The summed E-state index contributed by atoms with van der Waals surface area (Å²) in [5, 5.41) is 3.45. The van der Waals surface area contributed by atoms with Gasteiger partial charge < -0.3 is 9.80 Å². The number of nitrogens with one attached hydrogen (secondary N) is 1. The first kappa shape index (κ1) is 21.6. The van der Waals surface area contributed by atoms with E-state index in [1.54, 1.807) is 23.4 Å². The second-order valence-electron chi connectivity index (χ2n) is 7.12. The lowest BCUT2D eigenvalue weighted by Crippen LogP contribution is -2.48. The smallest absolute Gasteiger partial charge is 0.254 e. The van der Waals surface area contributed by atoms with Crippen molar-refractivity contribution in [1.82, 2.24) is 25.1 Å². The summed E-state index contributed by atoms with van der Waals surface area (Å²) in [7, 11) is 1.98. The van der Waals surface area contributed by atoms with E-state index in [2.05, 4.69) is 31.3 Å². The molecule has 1 N–H and O–H groups in total. The van der Waals surface area contributed by atoms with Crippen LogP contribution in [0.2, 0.25) is 0 Å². The molecule has 1 aliphatic heterocycles. The third-order valence-electron chi connectivity index (χ3n) is 5.09. The van der Waals surface area contributed by atoms with Crippen LogP contribution in [-0.2, 0) is 0 Å². The number of nitrogens with zero attached hydrogens (tertiary/aromatic N) is 5. The number of aliphatic imine (C=N–C) groups is 1. The molecule has 1 aliphatic rings. The van der Waals surface area contributed by atoms with Crippen molar-refractivity contribution in [2.75, 3.05) is 26.7 Å². The number of carbonyl (C=O) groups is 1. The minimum absolute atomic E-state index is 0.0235. The molecule has 2 heterocycles. The molecule has 0 bridgehead atoms. The summed E-state index contributed by atoms with van der Waals surface area (Å²) >= 11 is 0. The highest BCUT2D eigenvalue weighted by Gasteiger charge is 2.22. The number of allylic oxidation sites excluding steroid dienone is 1. The number of carbonyl (C=O) groups excluding carboxylic acids is 1. The zero-order chi connectivity index (χ0) is 21.7. The standard InChI is InChI=1S/C22H27FN6O/c1-5-29(12-11-24-20-13-15(2)27-16(3)28(20)4)22(30)18-8-7-17(23)14-19(18)21-25-9-6-10-26-21/h6-10,13-14,20,24H,5,11-12H2,1-4H3. The van der Waals surface area contributed by atoms with Crippen LogP contribution in [0.3, 0.4) is 0 Å². The Morgan fingerprint density at radius 1 is 1.27 bits per heavy atom. The second kappa shape index (κ2) is 9.58. The first-order chi connectivity index (χ1) is 14.4. The molecule has 8 heteroatoms. The lowest BCUT2D eigenvalue weighted by atomic mass is 10.0. The van der Waals surface area contributed by atoms with Crippen molar-refractivity contribution < 1.29 is 9.18 Å². The van der Waals surface area contributed by atoms with Crippen molar-refractivity contribution in [2.24, 2.45) is 4.99 Å². The van der Waals surface area contributed by atoms with Crippen molar-refractivity contribution in [3.05, 3.63) is 59.8 Å². The van der Waals surface area contributed by atoms with Gasteiger partial charge in [-0.3, -0.25) is 10.1 Å². The number of hydrogen-bond acceptors (Lipinski definition) is 6. The van der Waals surface area contributed by atoms with E-state index >= 15 is 0 Å². The second-order valence-corrected chi connectivity index (χ2v) is 7.12. The SMILES string of the molecule is CCN(CCNC1C=C(C)N=C(C)N1C)C(=O)c1ccc(F)cc1-c1ncccn1. The van der Waals surface area contributed by atoms with E-state index < -0.39 is 5.82 Å². The summed E-state index contributed by atoms with van der Waals surface area (Å²) in [6.45, 7) is 7.50. The van der Waals surface area contributed by atoms with E-state index in [1.807, 2.05) is 27.8 Å². The van der Waals surface area contributed by atoms with Crippen molar-refractivity contribution in [3.63, 3.8) is 0 Å². The molecule has 158 valence electrons. The van der Waals surface area contributed by atoms with E-state index in [0.717, 1.165) is 11.5 Å². The predicted octanol–water partition coefficient (Wildman–Crippen LogP) is 2.93. The molecule has 1 amide bonds. The van der Waals surface area contributed by atoms with Crippen molar-refractivity contribution in [1.29, 1.82) is 0 Å². The minimum atomic E-state index is -0.432. The Morgan fingerprint density at radius 3 is 2.70 bits per heavy atom. The number of likely N-dealkylation sites (N-methyl/N-ethyl adjacent to an activating group) is 2. The van der Waals surface area contributed by atoms with Crippen LogP contribution in [-0.4, -0.2) is 64.4 Å². The summed E-state index contributed by atoms with van der Waals surface area (Å²) in [4.78, 5) is 29.8. The molecule has 0 spiro atoms. The Balaban J connectivity index is 1.72. The molecule has 1 aromatic heterocycles. The molecule has 1 aromatic carbocycles. The summed E-state index contributed by atoms with van der Waals surface area (Å²) in [6.07, 6.45) is 5.22. The molecule has 0 saturated heterocycles. The third-order valence-corrected chi connectivity index (χ3v) is 5.09. The van der Waals surface area contributed by atoms with Gasteiger partial charge in [0.2, 0.25) is 0 Å². The number of benzene rings is 1. The topological polar surface area (TPSA) is 73.7 Å². The minimum Gasteiger partial charge on any atom is -0.344 e. The fourth-order valence-corrected chi connectivity index (χ4v) is 3.36. The van der Waals surface area contributed by atoms with Gasteiger partial charge in [-0.25, -0.2) is 19.4 Å². The molecule has 2 aromatic rings. The molecular weight excluding hydrogens is 383 g/mol. The van der Waals surface area contributed by atoms with E-state index in [9.17, 15) is 9.18 Å². The molecule has 1 unspecified atom stereocenters. The molecule has 0 aliphatic carbocycles. The zero-order valence-corrected chi connectivity index (χ0v) is 17.8. The third kappa shape index (κ3) is 4.88. The van der Waals surface area contributed by atoms with Gasteiger partial charge in [-0.1, -0.05) is 0 Å². The molecule has 7 nitrogen and oxygen atoms in total. The van der Waals surface area contributed by atoms with Gasteiger partial charge in [0.25, 0.3) is 5.91 Å². The van der Waals surface area contributed by atoms with Gasteiger partial charge in [0.05, 0.1) is 5.56 Å². The highest BCUT2D eigenvalue weighted by molar-refractivity contribution is 6.00. The van der Waals surface area contributed by atoms with Crippen LogP contribution in [0.15, 0.2) is 53.4 Å². The number of amidine groups is 1. The first-order valence-corrected chi connectivity index (χ1v) is 9.97. The van der Waals surface area contributed by atoms with Crippen LogP contribution in [0.1, 0.15) is 31.1 Å². The van der Waals surface area contributed by atoms with Crippen LogP contribution in [0.4, 0.5) is 4.39 Å². The molecule has 0 fully saturated rings. The van der Waals surface area contributed by atoms with Gasteiger partial charge in [0.1, 0.15) is 17.8 Å². The Bertz CT molecular complexity index is 959. The average Bonchev–Trinajstić information content (AvgIpc) is 2.74. The predicted molar refractivity (Wildman–Crippen MR) is 115 cm³/mol. The maximum atomic E-state index is 13.9. The Morgan fingerprint density at radius 2 is 2.00 bits per heavy atom. The van der Waals surface area contributed by atoms with Gasteiger partial charge in [0, 0.05) is 50.3 Å². The number of hydrogen-bond donors (Lipinski definition) is 1. The molecule has 0 saturated carbocycles. The highest BCUT2D eigenvalue weighted by Crippen LogP contribution is 2.22. The van der Waals surface area contributed by atoms with Gasteiger partial charge in [-0.2, -0.15) is 0 Å². The van der Waals surface area contributed by atoms with Crippen LogP contribution in [0, 0.1) is 5.82 Å². The van der Waals surface area contributed by atoms with E-state index in [0.29, 0.717) is 36.6 Å². The van der Waals surface area contributed by atoms with Gasteiger partial charge >= 0.3 is 0 Å². The first-order valence-electron chi connectivity index (χ1n) is 9.97. The number of aromatic nitrogens is 2. The molecule has 1 atom stereocenters. The molecule has 30 heavy (non-hydrogen) atoms. The Hall–Kier alpha value is -3.13. The van der Waals surface area contributed by atoms with E-state index in [-0.39, 0.29) is 12.1 Å². The maximum absolute atomic E-state index is 13.9. The monoisotopic (exact) mass is 410 g/mol. The Labute approximate surface area is 176 Å². The summed E-state index contributed by atoms with van der Waals surface area (Å²) in [6, 6.07) is 5.78. The summed E-state index contributed by atoms with van der Waals surface area (Å²) in [5.74, 6) is 0.657. The van der Waals surface area contributed by atoms with E-state index in [4.69, 9.17) is 0 Å². The van der Waals surface area contributed by atoms with E-state index in [1.165, 1.54) is 18.2 Å². The van der Waals surface area contributed by atoms with Crippen LogP contribution in [0.25, 0.3) is 11.4 Å². The number of halogens is 1. The van der Waals surface area contributed by atoms with Gasteiger partial charge in [0.15, 0.2) is 5.82 Å². The average molecular weight is 410 g/mol.